The van der Waals surface area contributed by atoms with E-state index < -0.39 is 0 Å². The van der Waals surface area contributed by atoms with Crippen molar-refractivity contribution in [1.82, 2.24) is 15.5 Å². The van der Waals surface area contributed by atoms with Gasteiger partial charge in [-0.25, -0.2) is 4.39 Å². The fourth-order valence-electron chi connectivity index (χ4n) is 4.09. The second-order valence-corrected chi connectivity index (χ2v) is 8.02. The van der Waals surface area contributed by atoms with Gasteiger partial charge >= 0.3 is 0 Å². The van der Waals surface area contributed by atoms with Crippen LogP contribution in [0.4, 0.5) is 9.52 Å². The average Bonchev–Trinajstić information content (AvgIpc) is 3.24. The summed E-state index contributed by atoms with van der Waals surface area (Å²) in [7, 11) is 0. The van der Waals surface area contributed by atoms with Gasteiger partial charge in [0, 0.05) is 13.0 Å². The predicted molar refractivity (Wildman–Crippen MR) is 102 cm³/mol. The SMILES string of the molecule is Cl.O=C(Nc1nnc(Cc2ccccc2F)s1)[C@@]12CCCC[C@H]1CNC2. The largest absolute Gasteiger partial charge is 0.315 e. The molecule has 4 rings (SSSR count). The van der Waals surface area contributed by atoms with Crippen molar-refractivity contribution < 1.29 is 9.18 Å². The van der Waals surface area contributed by atoms with E-state index in [-0.39, 0.29) is 29.5 Å². The van der Waals surface area contributed by atoms with Gasteiger partial charge in [0.2, 0.25) is 11.0 Å². The summed E-state index contributed by atoms with van der Waals surface area (Å²) in [5.41, 5.74) is 0.276. The van der Waals surface area contributed by atoms with Gasteiger partial charge in [0.05, 0.1) is 5.41 Å². The minimum Gasteiger partial charge on any atom is -0.315 e. The van der Waals surface area contributed by atoms with E-state index in [1.807, 2.05) is 0 Å². The van der Waals surface area contributed by atoms with Crippen molar-refractivity contribution in [2.45, 2.75) is 32.1 Å². The number of nitrogens with one attached hydrogen (secondary N) is 2. The Morgan fingerprint density at radius 1 is 1.35 bits per heavy atom. The maximum atomic E-state index is 13.8. The molecule has 5 nitrogen and oxygen atoms in total. The van der Waals surface area contributed by atoms with E-state index in [1.165, 1.54) is 23.8 Å². The van der Waals surface area contributed by atoms with E-state index in [0.29, 0.717) is 28.0 Å². The van der Waals surface area contributed by atoms with Crippen LogP contribution in [-0.2, 0) is 11.2 Å². The lowest BCUT2D eigenvalue weighted by atomic mass is 9.68. The van der Waals surface area contributed by atoms with Gasteiger partial charge in [0.25, 0.3) is 0 Å². The summed E-state index contributed by atoms with van der Waals surface area (Å²) in [6, 6.07) is 6.65. The molecule has 1 aliphatic carbocycles. The van der Waals surface area contributed by atoms with Gasteiger partial charge in [-0.1, -0.05) is 42.4 Å². The molecule has 1 saturated carbocycles. The first kappa shape index (κ1) is 19.2. The molecule has 2 heterocycles. The minimum atomic E-state index is -0.310. The molecule has 2 atom stereocenters. The van der Waals surface area contributed by atoms with Crippen molar-refractivity contribution in [3.8, 4) is 0 Å². The lowest BCUT2D eigenvalue weighted by Crippen LogP contribution is -2.44. The molecule has 0 unspecified atom stereocenters. The molecule has 2 N–H and O–H groups in total. The first-order chi connectivity index (χ1) is 12.2. The number of amides is 1. The molecule has 8 heteroatoms. The highest BCUT2D eigenvalue weighted by molar-refractivity contribution is 7.15. The summed E-state index contributed by atoms with van der Waals surface area (Å²) in [6.45, 7) is 1.66. The Morgan fingerprint density at radius 2 is 2.19 bits per heavy atom. The van der Waals surface area contributed by atoms with Crippen LogP contribution in [0, 0.1) is 17.2 Å². The molecule has 2 aliphatic rings. The summed E-state index contributed by atoms with van der Waals surface area (Å²) in [5, 5.41) is 15.7. The van der Waals surface area contributed by atoms with Gasteiger partial charge < -0.3 is 5.32 Å². The number of nitrogens with zero attached hydrogens (tertiary/aromatic N) is 2. The van der Waals surface area contributed by atoms with Crippen molar-refractivity contribution in [3.63, 3.8) is 0 Å². The normalized spacial score (nSPS) is 24.6. The van der Waals surface area contributed by atoms with Gasteiger partial charge in [0.1, 0.15) is 10.8 Å². The smallest absolute Gasteiger partial charge is 0.234 e. The Kier molecular flexibility index (Phi) is 5.89. The van der Waals surface area contributed by atoms with Crippen LogP contribution in [0.2, 0.25) is 0 Å². The maximum Gasteiger partial charge on any atom is 0.234 e. The number of rotatable bonds is 4. The molecule has 2 aromatic rings. The quantitative estimate of drug-likeness (QED) is 0.831. The van der Waals surface area contributed by atoms with E-state index in [0.717, 1.165) is 32.4 Å². The van der Waals surface area contributed by atoms with Crippen LogP contribution >= 0.6 is 23.7 Å². The molecule has 1 saturated heterocycles. The second kappa shape index (κ2) is 7.98. The predicted octanol–water partition coefficient (Wildman–Crippen LogP) is 3.41. The van der Waals surface area contributed by atoms with Crippen molar-refractivity contribution >= 4 is 34.8 Å². The van der Waals surface area contributed by atoms with Gasteiger partial charge in [0.15, 0.2) is 0 Å². The molecular formula is C18H22ClFN4OS. The molecule has 2 fully saturated rings. The standard InChI is InChI=1S/C18H21FN4OS.ClH/c19-14-7-2-1-5-12(14)9-15-22-23-17(25-15)21-16(24)18-8-4-3-6-13(18)10-20-11-18;/h1-2,5,7,13,20H,3-4,6,8-11H2,(H,21,23,24);1H/t13-,18+;/m0./s1. The van der Waals surface area contributed by atoms with E-state index in [1.54, 1.807) is 18.2 Å². The highest BCUT2D eigenvalue weighted by Crippen LogP contribution is 2.44. The zero-order valence-corrected chi connectivity index (χ0v) is 16.0. The fraction of sp³-hybridized carbons (Fsp3) is 0.500. The fourth-order valence-corrected chi connectivity index (χ4v) is 4.85. The Labute approximate surface area is 162 Å². The first-order valence-electron chi connectivity index (χ1n) is 8.75. The first-order valence-corrected chi connectivity index (χ1v) is 9.57. The third kappa shape index (κ3) is 3.61. The van der Waals surface area contributed by atoms with Gasteiger partial charge in [-0.3, -0.25) is 10.1 Å². The molecule has 1 aromatic carbocycles. The van der Waals surface area contributed by atoms with Crippen LogP contribution in [0.15, 0.2) is 24.3 Å². The van der Waals surface area contributed by atoms with Crippen LogP contribution in [0.1, 0.15) is 36.3 Å². The molecule has 26 heavy (non-hydrogen) atoms. The van der Waals surface area contributed by atoms with Crippen LogP contribution < -0.4 is 10.6 Å². The molecule has 1 amide bonds. The van der Waals surface area contributed by atoms with Crippen LogP contribution in [0.5, 0.6) is 0 Å². The number of anilines is 1. The van der Waals surface area contributed by atoms with Gasteiger partial charge in [-0.15, -0.1) is 22.6 Å². The highest BCUT2D eigenvalue weighted by atomic mass is 35.5. The third-order valence-corrected chi connectivity index (χ3v) is 6.32. The van der Waals surface area contributed by atoms with E-state index in [2.05, 4.69) is 20.8 Å². The van der Waals surface area contributed by atoms with Gasteiger partial charge in [-0.05, 0) is 36.9 Å². The number of hydrogen-bond donors (Lipinski definition) is 2. The molecule has 0 spiro atoms. The molecule has 1 aliphatic heterocycles. The average molecular weight is 397 g/mol. The Bertz CT molecular complexity index is 786. The van der Waals surface area contributed by atoms with Crippen LogP contribution in [-0.4, -0.2) is 29.2 Å². The molecule has 0 bridgehead atoms. The maximum absolute atomic E-state index is 13.8. The molecule has 1 aromatic heterocycles. The van der Waals surface area contributed by atoms with Crippen molar-refractivity contribution in [2.75, 3.05) is 18.4 Å². The Balaban J connectivity index is 0.00000196. The molecule has 0 radical (unpaired) electrons. The Hall–Kier alpha value is -1.57. The summed E-state index contributed by atoms with van der Waals surface area (Å²) in [6.07, 6.45) is 4.72. The zero-order chi connectivity index (χ0) is 17.3. The lowest BCUT2D eigenvalue weighted by molar-refractivity contribution is -0.128. The van der Waals surface area contributed by atoms with E-state index in [9.17, 15) is 9.18 Å². The highest BCUT2D eigenvalue weighted by Gasteiger charge is 2.50. The number of benzene rings is 1. The number of aromatic nitrogens is 2. The summed E-state index contributed by atoms with van der Waals surface area (Å²) < 4.78 is 13.8. The number of fused-ring (bicyclic) bond motifs is 1. The summed E-state index contributed by atoms with van der Waals surface area (Å²) in [4.78, 5) is 12.9. The van der Waals surface area contributed by atoms with Crippen LogP contribution in [0.25, 0.3) is 0 Å². The van der Waals surface area contributed by atoms with Crippen LogP contribution in [0.3, 0.4) is 0 Å². The number of carbonyl (C=O) groups is 1. The number of carbonyl (C=O) groups excluding carboxylic acids is 1. The topological polar surface area (TPSA) is 66.9 Å². The van der Waals surface area contributed by atoms with Crippen molar-refractivity contribution in [3.05, 3.63) is 40.7 Å². The zero-order valence-electron chi connectivity index (χ0n) is 14.3. The number of halogens is 2. The number of hydrogen-bond acceptors (Lipinski definition) is 5. The van der Waals surface area contributed by atoms with E-state index >= 15 is 0 Å². The second-order valence-electron chi connectivity index (χ2n) is 6.95. The minimum absolute atomic E-state index is 0. The summed E-state index contributed by atoms with van der Waals surface area (Å²) >= 11 is 1.32. The monoisotopic (exact) mass is 396 g/mol. The third-order valence-electron chi connectivity index (χ3n) is 5.48. The van der Waals surface area contributed by atoms with E-state index in [4.69, 9.17) is 0 Å². The van der Waals surface area contributed by atoms with Crippen molar-refractivity contribution in [1.29, 1.82) is 0 Å². The lowest BCUT2D eigenvalue weighted by Gasteiger charge is -2.36. The van der Waals surface area contributed by atoms with Gasteiger partial charge in [-0.2, -0.15) is 0 Å². The van der Waals surface area contributed by atoms with Crippen molar-refractivity contribution in [2.24, 2.45) is 11.3 Å². The molecule has 140 valence electrons. The molecular weight excluding hydrogens is 375 g/mol. The Morgan fingerprint density at radius 3 is 3.04 bits per heavy atom. The summed E-state index contributed by atoms with van der Waals surface area (Å²) in [5.74, 6) is 0.215.